The number of para-hydroxylation sites is 1. The number of carbonyl (C=O) groups excluding carboxylic acids is 1. The van der Waals surface area contributed by atoms with Crippen LogP contribution in [0.25, 0.3) is 10.3 Å². The number of nitrogens with zero attached hydrogens (tertiary/aromatic N) is 4. The van der Waals surface area contributed by atoms with Crippen molar-refractivity contribution in [3.8, 4) is 0 Å². The van der Waals surface area contributed by atoms with E-state index in [1.165, 1.54) is 28.4 Å². The van der Waals surface area contributed by atoms with Gasteiger partial charge in [0.1, 0.15) is 11.2 Å². The Balaban J connectivity index is 1.77. The summed E-state index contributed by atoms with van der Waals surface area (Å²) in [5.41, 5.74) is 1.92. The Morgan fingerprint density at radius 2 is 1.84 bits per heavy atom. The molecule has 168 valence electrons. The third-order valence-corrected chi connectivity index (χ3v) is 6.83. The van der Waals surface area contributed by atoms with Crippen molar-refractivity contribution >= 4 is 38.4 Å². The largest absolute Gasteiger partial charge is 0.348 e. The molecule has 2 aromatic heterocycles. The standard InChI is InChI=1S/C23H27N5O3S/c1-4-11-27-21(30)19-20(25-22(32-19)26-12-6-5-7-13-26)28(23(27)31)14-17(29)24-18-15(2)9-8-10-16(18)3/h4,8-10H,1,5-7,11-14H2,2-3H3,(H,24,29). The third-order valence-electron chi connectivity index (χ3n) is 5.74. The van der Waals surface area contributed by atoms with Gasteiger partial charge in [-0.15, -0.1) is 6.58 Å². The van der Waals surface area contributed by atoms with Crippen LogP contribution in [0.15, 0.2) is 40.4 Å². The minimum atomic E-state index is -0.561. The van der Waals surface area contributed by atoms with Crippen molar-refractivity contribution in [3.05, 3.63) is 62.8 Å². The van der Waals surface area contributed by atoms with Gasteiger partial charge in [-0.1, -0.05) is 35.6 Å². The fourth-order valence-electron chi connectivity index (χ4n) is 4.06. The first-order chi connectivity index (χ1) is 15.4. The van der Waals surface area contributed by atoms with Crippen LogP contribution >= 0.6 is 11.3 Å². The molecule has 1 saturated heterocycles. The van der Waals surface area contributed by atoms with E-state index in [0.717, 1.165) is 52.4 Å². The first-order valence-electron chi connectivity index (χ1n) is 10.8. The van der Waals surface area contributed by atoms with Gasteiger partial charge in [-0.05, 0) is 44.2 Å². The number of aromatic nitrogens is 3. The van der Waals surface area contributed by atoms with Gasteiger partial charge in [0.25, 0.3) is 5.56 Å². The number of fused-ring (bicyclic) bond motifs is 1. The van der Waals surface area contributed by atoms with Crippen LogP contribution < -0.4 is 21.5 Å². The summed E-state index contributed by atoms with van der Waals surface area (Å²) in [6.07, 6.45) is 4.82. The number of anilines is 2. The molecule has 1 aromatic carbocycles. The summed E-state index contributed by atoms with van der Waals surface area (Å²) >= 11 is 1.29. The lowest BCUT2D eigenvalue weighted by Gasteiger charge is -2.25. The molecule has 1 N–H and O–H groups in total. The molecular weight excluding hydrogens is 426 g/mol. The van der Waals surface area contributed by atoms with Crippen molar-refractivity contribution in [2.45, 2.75) is 46.2 Å². The monoisotopic (exact) mass is 453 g/mol. The highest BCUT2D eigenvalue weighted by atomic mass is 32.1. The summed E-state index contributed by atoms with van der Waals surface area (Å²) < 4.78 is 2.79. The molecule has 0 atom stereocenters. The quantitative estimate of drug-likeness (QED) is 0.580. The fourth-order valence-corrected chi connectivity index (χ4v) is 5.13. The Hall–Kier alpha value is -3.20. The molecule has 1 aliphatic heterocycles. The number of carbonyl (C=O) groups is 1. The molecule has 32 heavy (non-hydrogen) atoms. The van der Waals surface area contributed by atoms with E-state index in [2.05, 4.69) is 21.8 Å². The number of piperidine rings is 1. The van der Waals surface area contributed by atoms with E-state index in [-0.39, 0.29) is 24.6 Å². The molecule has 3 aromatic rings. The lowest BCUT2D eigenvalue weighted by atomic mass is 10.1. The summed E-state index contributed by atoms with van der Waals surface area (Å²) in [6.45, 7) is 9.08. The zero-order chi connectivity index (χ0) is 22.8. The van der Waals surface area contributed by atoms with E-state index < -0.39 is 11.2 Å². The second-order valence-electron chi connectivity index (χ2n) is 8.09. The summed E-state index contributed by atoms with van der Waals surface area (Å²) in [6, 6.07) is 5.77. The number of allylic oxidation sites excluding steroid dienone is 1. The van der Waals surface area contributed by atoms with Crippen molar-refractivity contribution in [3.63, 3.8) is 0 Å². The molecule has 1 amide bonds. The Labute approximate surface area is 189 Å². The zero-order valence-corrected chi connectivity index (χ0v) is 19.2. The van der Waals surface area contributed by atoms with E-state index in [0.29, 0.717) is 4.70 Å². The molecule has 0 bridgehead atoms. The maximum atomic E-state index is 13.2. The number of hydrogen-bond donors (Lipinski definition) is 1. The average Bonchev–Trinajstić information content (AvgIpc) is 3.23. The average molecular weight is 454 g/mol. The van der Waals surface area contributed by atoms with Crippen molar-refractivity contribution in [1.82, 2.24) is 14.1 Å². The van der Waals surface area contributed by atoms with Gasteiger partial charge in [-0.3, -0.25) is 18.7 Å². The fraction of sp³-hybridized carbons (Fsp3) is 0.391. The second kappa shape index (κ2) is 9.12. The molecule has 1 fully saturated rings. The highest BCUT2D eigenvalue weighted by Crippen LogP contribution is 2.28. The molecule has 0 unspecified atom stereocenters. The molecule has 1 aliphatic rings. The lowest BCUT2D eigenvalue weighted by molar-refractivity contribution is -0.116. The summed E-state index contributed by atoms with van der Waals surface area (Å²) in [4.78, 5) is 45.9. The normalized spacial score (nSPS) is 14.0. The van der Waals surface area contributed by atoms with Crippen molar-refractivity contribution in [1.29, 1.82) is 0 Å². The van der Waals surface area contributed by atoms with Gasteiger partial charge in [0.15, 0.2) is 10.8 Å². The molecule has 4 rings (SSSR count). The lowest BCUT2D eigenvalue weighted by Crippen LogP contribution is -2.41. The number of thiazole rings is 1. The molecule has 0 saturated carbocycles. The number of hydrogen-bond acceptors (Lipinski definition) is 6. The van der Waals surface area contributed by atoms with E-state index >= 15 is 0 Å². The molecule has 0 aliphatic carbocycles. The Morgan fingerprint density at radius 3 is 2.50 bits per heavy atom. The highest BCUT2D eigenvalue weighted by Gasteiger charge is 2.22. The third kappa shape index (κ3) is 4.12. The summed E-state index contributed by atoms with van der Waals surface area (Å²) in [5.74, 6) is -0.345. The number of aryl methyl sites for hydroxylation is 2. The molecule has 8 nitrogen and oxygen atoms in total. The molecular formula is C23H27N5O3S. The smallest absolute Gasteiger partial charge is 0.333 e. The molecule has 9 heteroatoms. The minimum absolute atomic E-state index is 0.0725. The Bertz CT molecular complexity index is 1280. The molecule has 3 heterocycles. The minimum Gasteiger partial charge on any atom is -0.348 e. The predicted octanol–water partition coefficient (Wildman–Crippen LogP) is 3.05. The van der Waals surface area contributed by atoms with Crippen LogP contribution in [0.1, 0.15) is 30.4 Å². The van der Waals surface area contributed by atoms with E-state index in [9.17, 15) is 14.4 Å². The van der Waals surface area contributed by atoms with Gasteiger partial charge >= 0.3 is 5.69 Å². The van der Waals surface area contributed by atoms with Gasteiger partial charge in [0.2, 0.25) is 5.91 Å². The SMILES string of the molecule is C=CCn1c(=O)c2sc(N3CCCCC3)nc2n(CC(=O)Nc2c(C)cccc2C)c1=O. The van der Waals surface area contributed by atoms with Crippen molar-refractivity contribution < 1.29 is 4.79 Å². The van der Waals surface area contributed by atoms with Gasteiger partial charge in [0, 0.05) is 25.3 Å². The number of amides is 1. The van der Waals surface area contributed by atoms with Gasteiger partial charge in [-0.2, -0.15) is 0 Å². The van der Waals surface area contributed by atoms with Crippen molar-refractivity contribution in [2.24, 2.45) is 0 Å². The van der Waals surface area contributed by atoms with E-state index in [4.69, 9.17) is 0 Å². The summed E-state index contributed by atoms with van der Waals surface area (Å²) in [5, 5.41) is 3.63. The zero-order valence-electron chi connectivity index (χ0n) is 18.4. The first-order valence-corrected chi connectivity index (χ1v) is 11.6. The topological polar surface area (TPSA) is 89.2 Å². The van der Waals surface area contributed by atoms with Crippen LogP contribution in [0.3, 0.4) is 0 Å². The van der Waals surface area contributed by atoms with Gasteiger partial charge < -0.3 is 10.2 Å². The van der Waals surface area contributed by atoms with Gasteiger partial charge in [-0.25, -0.2) is 9.78 Å². The van der Waals surface area contributed by atoms with E-state index in [1.807, 2.05) is 32.0 Å². The number of benzene rings is 1. The number of nitrogens with one attached hydrogen (secondary N) is 1. The number of rotatable bonds is 6. The predicted molar refractivity (Wildman–Crippen MR) is 129 cm³/mol. The van der Waals surface area contributed by atoms with E-state index in [1.54, 1.807) is 0 Å². The van der Waals surface area contributed by atoms with Crippen LogP contribution in [0.2, 0.25) is 0 Å². The van der Waals surface area contributed by atoms with Crippen LogP contribution in [0.4, 0.5) is 10.8 Å². The molecule has 0 radical (unpaired) electrons. The Morgan fingerprint density at radius 1 is 1.16 bits per heavy atom. The van der Waals surface area contributed by atoms with Crippen LogP contribution in [-0.2, 0) is 17.9 Å². The van der Waals surface area contributed by atoms with Gasteiger partial charge in [0.05, 0.1) is 0 Å². The van der Waals surface area contributed by atoms with Crippen LogP contribution in [0, 0.1) is 13.8 Å². The van der Waals surface area contributed by atoms with Crippen LogP contribution in [-0.4, -0.2) is 33.1 Å². The van der Waals surface area contributed by atoms with Crippen molar-refractivity contribution in [2.75, 3.05) is 23.3 Å². The highest BCUT2D eigenvalue weighted by molar-refractivity contribution is 7.22. The van der Waals surface area contributed by atoms with Crippen LogP contribution in [0.5, 0.6) is 0 Å². The maximum absolute atomic E-state index is 13.2. The molecule has 0 spiro atoms. The Kier molecular flexibility index (Phi) is 6.27. The maximum Gasteiger partial charge on any atom is 0.333 e. The first kappa shape index (κ1) is 22.0. The second-order valence-corrected chi connectivity index (χ2v) is 9.06. The summed E-state index contributed by atoms with van der Waals surface area (Å²) in [7, 11) is 0.